The first-order valence-electron chi connectivity index (χ1n) is 6.26. The first kappa shape index (κ1) is 13.5. The van der Waals surface area contributed by atoms with Crippen LogP contribution in [0, 0.1) is 11.7 Å². The number of carbonyl (C=O) groups excluding carboxylic acids is 2. The molecule has 1 aliphatic rings. The van der Waals surface area contributed by atoms with E-state index < -0.39 is 5.82 Å². The quantitative estimate of drug-likeness (QED) is 0.800. The molecule has 1 N–H and O–H groups in total. The molecule has 0 heterocycles. The third-order valence-corrected chi connectivity index (χ3v) is 2.98. The highest BCUT2D eigenvalue weighted by atomic mass is 19.1. The second-order valence-electron chi connectivity index (χ2n) is 4.74. The van der Waals surface area contributed by atoms with Crippen molar-refractivity contribution in [3.8, 4) is 5.75 Å². The molecule has 1 aromatic rings. The molecule has 0 bridgehead atoms. The topological polar surface area (TPSA) is 55.4 Å². The molecule has 0 spiro atoms. The van der Waals surface area contributed by atoms with Crippen LogP contribution < -0.4 is 10.1 Å². The first-order valence-corrected chi connectivity index (χ1v) is 6.26. The average Bonchev–Trinajstić information content (AvgIpc) is 3.18. The van der Waals surface area contributed by atoms with Gasteiger partial charge in [0.15, 0.2) is 24.0 Å². The summed E-state index contributed by atoms with van der Waals surface area (Å²) in [6.07, 6.45) is 2.31. The van der Waals surface area contributed by atoms with Gasteiger partial charge in [-0.1, -0.05) is 0 Å². The minimum absolute atomic E-state index is 0.0217. The normalized spacial score (nSPS) is 14.0. The van der Waals surface area contributed by atoms with E-state index in [9.17, 15) is 14.0 Å². The summed E-state index contributed by atoms with van der Waals surface area (Å²) >= 11 is 0. The largest absolute Gasteiger partial charge is 0.481 e. The molecule has 1 aromatic carbocycles. The maximum atomic E-state index is 13.6. The third kappa shape index (κ3) is 4.05. The molecule has 102 valence electrons. The summed E-state index contributed by atoms with van der Waals surface area (Å²) < 4.78 is 18.7. The van der Waals surface area contributed by atoms with Crippen LogP contribution in [0.2, 0.25) is 0 Å². The van der Waals surface area contributed by atoms with Gasteiger partial charge in [-0.15, -0.1) is 0 Å². The van der Waals surface area contributed by atoms with Crippen LogP contribution in [-0.2, 0) is 4.79 Å². The molecule has 0 radical (unpaired) electrons. The minimum atomic E-state index is -0.636. The molecule has 1 amide bonds. The maximum Gasteiger partial charge on any atom is 0.257 e. The van der Waals surface area contributed by atoms with Gasteiger partial charge < -0.3 is 10.1 Å². The van der Waals surface area contributed by atoms with Gasteiger partial charge in [-0.3, -0.25) is 9.59 Å². The van der Waals surface area contributed by atoms with Gasteiger partial charge >= 0.3 is 0 Å². The van der Waals surface area contributed by atoms with E-state index in [0.717, 1.165) is 18.9 Å². The van der Waals surface area contributed by atoms with E-state index in [1.165, 1.54) is 19.1 Å². The van der Waals surface area contributed by atoms with Crippen molar-refractivity contribution in [3.05, 3.63) is 29.6 Å². The summed E-state index contributed by atoms with van der Waals surface area (Å²) in [6.45, 7) is 1.80. The summed E-state index contributed by atoms with van der Waals surface area (Å²) in [7, 11) is 0. The molecule has 19 heavy (non-hydrogen) atoms. The van der Waals surface area contributed by atoms with Crippen LogP contribution in [0.3, 0.4) is 0 Å². The number of hydrogen-bond donors (Lipinski definition) is 1. The molecule has 0 aromatic heterocycles. The zero-order valence-corrected chi connectivity index (χ0v) is 10.7. The van der Waals surface area contributed by atoms with Crippen molar-refractivity contribution >= 4 is 11.7 Å². The molecular weight excluding hydrogens is 249 g/mol. The van der Waals surface area contributed by atoms with Crippen molar-refractivity contribution in [3.63, 3.8) is 0 Å². The number of hydrogen-bond acceptors (Lipinski definition) is 3. The van der Waals surface area contributed by atoms with Crippen molar-refractivity contribution in [1.29, 1.82) is 0 Å². The SMILES string of the molecule is CC(=O)c1ccc(OCC(=O)NCC2CC2)c(F)c1. The lowest BCUT2D eigenvalue weighted by Crippen LogP contribution is -2.30. The van der Waals surface area contributed by atoms with Crippen LogP contribution in [0.4, 0.5) is 4.39 Å². The van der Waals surface area contributed by atoms with Gasteiger partial charge in [0.2, 0.25) is 0 Å². The number of amides is 1. The Balaban J connectivity index is 1.84. The van der Waals surface area contributed by atoms with Gasteiger partial charge in [-0.2, -0.15) is 0 Å². The van der Waals surface area contributed by atoms with E-state index in [1.54, 1.807) is 0 Å². The van der Waals surface area contributed by atoms with Gasteiger partial charge in [0.25, 0.3) is 5.91 Å². The Hall–Kier alpha value is -1.91. The lowest BCUT2D eigenvalue weighted by atomic mass is 10.1. The molecule has 2 rings (SSSR count). The van der Waals surface area contributed by atoms with Crippen LogP contribution in [0.1, 0.15) is 30.1 Å². The molecule has 0 aliphatic heterocycles. The lowest BCUT2D eigenvalue weighted by Gasteiger charge is -2.08. The summed E-state index contributed by atoms with van der Waals surface area (Å²) in [6, 6.07) is 3.95. The number of nitrogens with one attached hydrogen (secondary N) is 1. The summed E-state index contributed by atoms with van der Waals surface area (Å²) in [4.78, 5) is 22.5. The van der Waals surface area contributed by atoms with E-state index in [-0.39, 0.29) is 29.6 Å². The van der Waals surface area contributed by atoms with Gasteiger partial charge in [-0.25, -0.2) is 4.39 Å². The molecule has 0 saturated heterocycles. The van der Waals surface area contributed by atoms with Crippen molar-refractivity contribution < 1.29 is 18.7 Å². The Morgan fingerprint density at radius 2 is 2.16 bits per heavy atom. The van der Waals surface area contributed by atoms with Crippen LogP contribution in [0.5, 0.6) is 5.75 Å². The van der Waals surface area contributed by atoms with E-state index in [4.69, 9.17) is 4.74 Å². The van der Waals surface area contributed by atoms with Crippen LogP contribution in [0.25, 0.3) is 0 Å². The van der Waals surface area contributed by atoms with Crippen LogP contribution in [-0.4, -0.2) is 24.8 Å². The molecule has 1 saturated carbocycles. The van der Waals surface area contributed by atoms with E-state index >= 15 is 0 Å². The van der Waals surface area contributed by atoms with Crippen molar-refractivity contribution in [1.82, 2.24) is 5.32 Å². The highest BCUT2D eigenvalue weighted by molar-refractivity contribution is 5.94. The maximum absolute atomic E-state index is 13.6. The number of rotatable bonds is 6. The number of halogens is 1. The van der Waals surface area contributed by atoms with Gasteiger partial charge in [0, 0.05) is 12.1 Å². The Morgan fingerprint density at radius 3 is 2.74 bits per heavy atom. The first-order chi connectivity index (χ1) is 9.06. The highest BCUT2D eigenvalue weighted by Crippen LogP contribution is 2.27. The number of ether oxygens (including phenoxy) is 1. The Kier molecular flexibility index (Phi) is 4.14. The van der Waals surface area contributed by atoms with Crippen LogP contribution in [0.15, 0.2) is 18.2 Å². The fraction of sp³-hybridized carbons (Fsp3) is 0.429. The predicted molar refractivity (Wildman–Crippen MR) is 67.6 cm³/mol. The number of carbonyl (C=O) groups is 2. The number of Topliss-reactive ketones (excluding diaryl/α,β-unsaturated/α-hetero) is 1. The third-order valence-electron chi connectivity index (χ3n) is 2.98. The molecule has 0 unspecified atom stereocenters. The minimum Gasteiger partial charge on any atom is -0.481 e. The summed E-state index contributed by atoms with van der Waals surface area (Å²) in [5.74, 6) is -0.542. The molecule has 4 nitrogen and oxygen atoms in total. The van der Waals surface area contributed by atoms with Crippen LogP contribution >= 0.6 is 0 Å². The average molecular weight is 265 g/mol. The van der Waals surface area contributed by atoms with Crippen molar-refractivity contribution in [2.24, 2.45) is 5.92 Å². The van der Waals surface area contributed by atoms with Crippen molar-refractivity contribution in [2.45, 2.75) is 19.8 Å². The Bertz CT molecular complexity index is 497. The predicted octanol–water partition coefficient (Wildman–Crippen LogP) is 1.93. The van der Waals surface area contributed by atoms with E-state index in [0.29, 0.717) is 12.5 Å². The molecular formula is C14H16FNO3. The number of ketones is 1. The molecule has 5 heteroatoms. The fourth-order valence-corrected chi connectivity index (χ4v) is 1.61. The smallest absolute Gasteiger partial charge is 0.257 e. The standard InChI is InChI=1S/C14H16FNO3/c1-9(17)11-4-5-13(12(15)6-11)19-8-14(18)16-7-10-2-3-10/h4-6,10H,2-3,7-8H2,1H3,(H,16,18). The number of benzene rings is 1. The molecule has 0 atom stereocenters. The second kappa shape index (κ2) is 5.82. The van der Waals surface area contributed by atoms with E-state index in [1.807, 2.05) is 0 Å². The van der Waals surface area contributed by atoms with Gasteiger partial charge in [0.05, 0.1) is 0 Å². The van der Waals surface area contributed by atoms with Gasteiger partial charge in [0.1, 0.15) is 0 Å². The van der Waals surface area contributed by atoms with E-state index in [2.05, 4.69) is 5.32 Å². The van der Waals surface area contributed by atoms with Gasteiger partial charge in [-0.05, 0) is 43.9 Å². The zero-order valence-electron chi connectivity index (χ0n) is 10.7. The monoisotopic (exact) mass is 265 g/mol. The summed E-state index contributed by atoms with van der Waals surface area (Å²) in [5.41, 5.74) is 0.281. The highest BCUT2D eigenvalue weighted by Gasteiger charge is 2.21. The fourth-order valence-electron chi connectivity index (χ4n) is 1.61. The Morgan fingerprint density at radius 1 is 1.42 bits per heavy atom. The Labute approximate surface area is 110 Å². The second-order valence-corrected chi connectivity index (χ2v) is 4.74. The molecule has 1 aliphatic carbocycles. The lowest BCUT2D eigenvalue weighted by molar-refractivity contribution is -0.123. The zero-order chi connectivity index (χ0) is 13.8. The van der Waals surface area contributed by atoms with Crippen molar-refractivity contribution in [2.75, 3.05) is 13.2 Å². The molecule has 1 fully saturated rings. The summed E-state index contributed by atoms with van der Waals surface area (Å²) in [5, 5.41) is 2.72.